The molecule has 5 rings (SSSR count). The normalized spacial score (nSPS) is 48.4. The Bertz CT molecular complexity index is 1060. The van der Waals surface area contributed by atoms with Crippen LogP contribution in [0.3, 0.4) is 0 Å². The average molecular weight is 541 g/mol. The maximum Gasteiger partial charge on any atom is 0.331 e. The number of hydrogen-bond donors (Lipinski definition) is 2. The summed E-state index contributed by atoms with van der Waals surface area (Å²) in [7, 11) is 0. The molecule has 10 atom stereocenters. The van der Waals surface area contributed by atoms with Gasteiger partial charge in [0, 0.05) is 17.6 Å². The van der Waals surface area contributed by atoms with Gasteiger partial charge in [-0.2, -0.15) is 0 Å². The van der Waals surface area contributed by atoms with Crippen LogP contribution in [0.5, 0.6) is 0 Å². The fourth-order valence-electron chi connectivity index (χ4n) is 11.9. The third-order valence-corrected chi connectivity index (χ3v) is 14.1. The SMILES string of the molecule is C=C(C)[C@@H]1CC[C@]2(COC(=O)/C=C\C(=O)O)CC[C@]3(C)[C@H](CC[C@@H]4[C@@]5(C)CC[C@H](O)C(C)(C)[C@@H]5CC[C@]43C)[C@@H]12. The summed E-state index contributed by atoms with van der Waals surface area (Å²) in [6, 6.07) is 0. The molecule has 0 radical (unpaired) electrons. The highest BCUT2D eigenvalue weighted by Crippen LogP contribution is 2.77. The lowest BCUT2D eigenvalue weighted by atomic mass is 9.32. The van der Waals surface area contributed by atoms with Crippen LogP contribution in [0.15, 0.2) is 24.3 Å². The first-order valence-corrected chi connectivity index (χ1v) is 15.5. The number of hydrogen-bond acceptors (Lipinski definition) is 4. The van der Waals surface area contributed by atoms with E-state index in [-0.39, 0.29) is 33.2 Å². The van der Waals surface area contributed by atoms with Crippen molar-refractivity contribution < 1.29 is 24.5 Å². The first kappa shape index (κ1) is 28.9. The summed E-state index contributed by atoms with van der Waals surface area (Å²) in [6.07, 6.45) is 13.0. The first-order chi connectivity index (χ1) is 18.1. The van der Waals surface area contributed by atoms with Gasteiger partial charge in [0.05, 0.1) is 12.7 Å². The van der Waals surface area contributed by atoms with E-state index in [1.165, 1.54) is 31.3 Å². The minimum Gasteiger partial charge on any atom is -0.478 e. The Hall–Kier alpha value is -1.62. The standard InChI is InChI=1S/C34H52O5/c1-21(2)22-12-17-34(20-39-28(38)11-10-27(36)37)19-18-32(6)23(29(22)34)8-9-25-31(5)15-14-26(35)30(3,4)24(31)13-16-33(25,32)7/h10-11,22-26,29,35H,1,8-9,12-20H2,2-7H3,(H,36,37)/b11-10-/t22-,23+,24-,25+,26-,29+,31-,32+,33+,34+/m0/s1. The van der Waals surface area contributed by atoms with Crippen LogP contribution in [0.2, 0.25) is 0 Å². The van der Waals surface area contributed by atoms with Crippen molar-refractivity contribution in [3.63, 3.8) is 0 Å². The molecule has 5 saturated carbocycles. The molecular formula is C34H52O5. The summed E-state index contributed by atoms with van der Waals surface area (Å²) in [6.45, 7) is 19.4. The van der Waals surface area contributed by atoms with E-state index in [0.29, 0.717) is 36.2 Å². The van der Waals surface area contributed by atoms with Gasteiger partial charge in [0.25, 0.3) is 0 Å². The van der Waals surface area contributed by atoms with Crippen LogP contribution < -0.4 is 0 Å². The molecule has 0 unspecified atom stereocenters. The zero-order valence-corrected chi connectivity index (χ0v) is 25.2. The number of allylic oxidation sites excluding steroid dienone is 1. The van der Waals surface area contributed by atoms with E-state index in [1.54, 1.807) is 0 Å². The van der Waals surface area contributed by atoms with Gasteiger partial charge in [-0.3, -0.25) is 0 Å². The van der Waals surface area contributed by atoms with Crippen molar-refractivity contribution in [2.24, 2.45) is 56.7 Å². The Kier molecular flexibility index (Phi) is 7.01. The molecule has 0 aromatic rings. The highest BCUT2D eigenvalue weighted by atomic mass is 16.5. The maximum atomic E-state index is 12.4. The number of aliphatic carboxylic acids is 1. The highest BCUT2D eigenvalue weighted by molar-refractivity contribution is 5.90. The van der Waals surface area contributed by atoms with E-state index >= 15 is 0 Å². The topological polar surface area (TPSA) is 83.8 Å². The Balaban J connectivity index is 1.47. The fourth-order valence-corrected chi connectivity index (χ4v) is 11.9. The second-order valence-electron chi connectivity index (χ2n) is 15.7. The van der Waals surface area contributed by atoms with Gasteiger partial charge in [0.1, 0.15) is 0 Å². The molecule has 5 aliphatic rings. The number of carboxylic acid groups (broad SMARTS) is 1. The van der Waals surface area contributed by atoms with E-state index < -0.39 is 11.9 Å². The van der Waals surface area contributed by atoms with Gasteiger partial charge >= 0.3 is 11.9 Å². The number of carboxylic acids is 1. The van der Waals surface area contributed by atoms with Crippen molar-refractivity contribution in [3.8, 4) is 0 Å². The number of esters is 1. The van der Waals surface area contributed by atoms with E-state index in [2.05, 4.69) is 48.1 Å². The van der Waals surface area contributed by atoms with E-state index in [0.717, 1.165) is 50.7 Å². The largest absolute Gasteiger partial charge is 0.478 e. The maximum absolute atomic E-state index is 12.4. The molecule has 2 N–H and O–H groups in total. The highest BCUT2D eigenvalue weighted by Gasteiger charge is 2.70. The smallest absolute Gasteiger partial charge is 0.331 e. The van der Waals surface area contributed by atoms with Crippen molar-refractivity contribution in [1.29, 1.82) is 0 Å². The van der Waals surface area contributed by atoms with Crippen molar-refractivity contribution >= 4 is 11.9 Å². The third kappa shape index (κ3) is 4.10. The van der Waals surface area contributed by atoms with Gasteiger partial charge in [-0.1, -0.05) is 46.8 Å². The number of carbonyl (C=O) groups is 2. The third-order valence-electron chi connectivity index (χ3n) is 14.1. The van der Waals surface area contributed by atoms with E-state index in [1.807, 2.05) is 0 Å². The van der Waals surface area contributed by atoms with Crippen LogP contribution in [0.25, 0.3) is 0 Å². The Labute approximate surface area is 235 Å². The zero-order valence-electron chi connectivity index (χ0n) is 25.2. The Morgan fingerprint density at radius 2 is 1.59 bits per heavy atom. The first-order valence-electron chi connectivity index (χ1n) is 15.5. The Morgan fingerprint density at radius 3 is 2.26 bits per heavy atom. The van der Waals surface area contributed by atoms with E-state index in [4.69, 9.17) is 9.84 Å². The number of aliphatic hydroxyl groups excluding tert-OH is 1. The molecule has 0 aromatic heterocycles. The second kappa shape index (κ2) is 9.46. The minimum atomic E-state index is -1.14. The minimum absolute atomic E-state index is 0.0384. The number of aliphatic hydroxyl groups is 1. The zero-order chi connectivity index (χ0) is 28.6. The lowest BCUT2D eigenvalue weighted by Crippen LogP contribution is -2.66. The van der Waals surface area contributed by atoms with Gasteiger partial charge in [-0.15, -0.1) is 0 Å². The Morgan fingerprint density at radius 1 is 0.872 bits per heavy atom. The molecule has 5 nitrogen and oxygen atoms in total. The van der Waals surface area contributed by atoms with Gasteiger partial charge in [-0.05, 0) is 122 Å². The van der Waals surface area contributed by atoms with Crippen LogP contribution >= 0.6 is 0 Å². The van der Waals surface area contributed by atoms with Crippen LogP contribution in [0.1, 0.15) is 106 Å². The lowest BCUT2D eigenvalue weighted by molar-refractivity contribution is -0.249. The van der Waals surface area contributed by atoms with Gasteiger partial charge in [-0.25, -0.2) is 9.59 Å². The van der Waals surface area contributed by atoms with E-state index in [9.17, 15) is 14.7 Å². The van der Waals surface area contributed by atoms with Crippen molar-refractivity contribution in [3.05, 3.63) is 24.3 Å². The molecule has 0 spiro atoms. The molecule has 0 aromatic carbocycles. The van der Waals surface area contributed by atoms with Crippen LogP contribution in [0, 0.1) is 56.7 Å². The van der Waals surface area contributed by atoms with Crippen LogP contribution in [-0.2, 0) is 14.3 Å². The molecular weight excluding hydrogens is 488 g/mol. The number of carbonyl (C=O) groups excluding carboxylic acids is 1. The molecule has 5 fully saturated rings. The second-order valence-corrected chi connectivity index (χ2v) is 15.7. The van der Waals surface area contributed by atoms with Gasteiger partial charge < -0.3 is 14.9 Å². The predicted molar refractivity (Wildman–Crippen MR) is 153 cm³/mol. The summed E-state index contributed by atoms with van der Waals surface area (Å²) in [4.78, 5) is 23.3. The number of ether oxygens (including phenoxy) is 1. The summed E-state index contributed by atoms with van der Waals surface area (Å²) in [5, 5.41) is 19.9. The summed E-state index contributed by atoms with van der Waals surface area (Å²) < 4.78 is 5.79. The summed E-state index contributed by atoms with van der Waals surface area (Å²) in [5.41, 5.74) is 1.88. The summed E-state index contributed by atoms with van der Waals surface area (Å²) in [5.74, 6) is 0.977. The predicted octanol–water partition coefficient (Wildman–Crippen LogP) is 7.19. The van der Waals surface area contributed by atoms with Crippen LogP contribution in [0.4, 0.5) is 0 Å². The van der Waals surface area contributed by atoms with Crippen molar-refractivity contribution in [2.45, 2.75) is 112 Å². The molecule has 0 amide bonds. The molecule has 39 heavy (non-hydrogen) atoms. The average Bonchev–Trinajstić information content (AvgIpc) is 3.25. The number of rotatable bonds is 5. The van der Waals surface area contributed by atoms with Crippen molar-refractivity contribution in [1.82, 2.24) is 0 Å². The molecule has 5 heteroatoms. The van der Waals surface area contributed by atoms with Crippen LogP contribution in [-0.4, -0.2) is 34.9 Å². The lowest BCUT2D eigenvalue weighted by Gasteiger charge is -2.73. The van der Waals surface area contributed by atoms with Gasteiger partial charge in [0.2, 0.25) is 0 Å². The quantitative estimate of drug-likeness (QED) is 0.219. The molecule has 0 aliphatic heterocycles. The van der Waals surface area contributed by atoms with Gasteiger partial charge in [0.15, 0.2) is 0 Å². The number of fused-ring (bicyclic) bond motifs is 7. The molecule has 218 valence electrons. The fraction of sp³-hybridized carbons (Fsp3) is 0.824. The molecule has 5 aliphatic carbocycles. The molecule has 0 bridgehead atoms. The monoisotopic (exact) mass is 540 g/mol. The van der Waals surface area contributed by atoms with Crippen molar-refractivity contribution in [2.75, 3.05) is 6.61 Å². The summed E-state index contributed by atoms with van der Waals surface area (Å²) >= 11 is 0. The molecule has 0 saturated heterocycles. The molecule has 0 heterocycles.